The van der Waals surface area contributed by atoms with Gasteiger partial charge in [-0.2, -0.15) is 0 Å². The molecule has 7 heteroatoms. The van der Waals surface area contributed by atoms with E-state index in [0.717, 1.165) is 0 Å². The second-order valence-electron chi connectivity index (χ2n) is 3.94. The molecule has 96 valence electrons. The third-order valence-electron chi connectivity index (χ3n) is 2.54. The number of amides is 3. The van der Waals surface area contributed by atoms with Gasteiger partial charge in [0.15, 0.2) is 0 Å². The van der Waals surface area contributed by atoms with Crippen LogP contribution in [0.15, 0.2) is 18.2 Å². The Morgan fingerprint density at radius 1 is 1.56 bits per heavy atom. The first-order valence-corrected chi connectivity index (χ1v) is 5.44. The molecule has 0 aromatic heterocycles. The Morgan fingerprint density at radius 3 is 3.00 bits per heavy atom. The summed E-state index contributed by atoms with van der Waals surface area (Å²) in [7, 11) is 0. The van der Waals surface area contributed by atoms with Crippen molar-refractivity contribution in [1.82, 2.24) is 10.2 Å². The minimum atomic E-state index is -0.566. The zero-order chi connectivity index (χ0) is 13.1. The number of nitrogen functional groups attached to an aromatic ring is 1. The highest BCUT2D eigenvalue weighted by atomic mass is 19.1. The monoisotopic (exact) mass is 252 g/mol. The van der Waals surface area contributed by atoms with Gasteiger partial charge in [0.1, 0.15) is 12.4 Å². The maximum atomic E-state index is 13.4. The van der Waals surface area contributed by atoms with Crippen LogP contribution in [0.25, 0.3) is 0 Å². The molecule has 1 aromatic carbocycles. The van der Waals surface area contributed by atoms with E-state index in [4.69, 9.17) is 5.73 Å². The molecule has 1 aliphatic rings. The lowest BCUT2D eigenvalue weighted by Crippen LogP contribution is -2.35. The highest BCUT2D eigenvalue weighted by Crippen LogP contribution is 2.17. The van der Waals surface area contributed by atoms with E-state index < -0.39 is 11.7 Å². The molecule has 0 radical (unpaired) electrons. The molecule has 3 amide bonds. The Bertz CT molecular complexity index is 492. The highest BCUT2D eigenvalue weighted by molar-refractivity contribution is 5.95. The van der Waals surface area contributed by atoms with Crippen LogP contribution in [0.2, 0.25) is 0 Å². The van der Waals surface area contributed by atoms with Crippen molar-refractivity contribution >= 4 is 23.3 Å². The number of hydrogen-bond acceptors (Lipinski definition) is 3. The zero-order valence-corrected chi connectivity index (χ0v) is 9.57. The lowest BCUT2D eigenvalue weighted by atomic mass is 10.2. The van der Waals surface area contributed by atoms with Crippen LogP contribution in [0.1, 0.15) is 0 Å². The van der Waals surface area contributed by atoms with Crippen LogP contribution < -0.4 is 16.4 Å². The molecule has 2 rings (SSSR count). The summed E-state index contributed by atoms with van der Waals surface area (Å²) in [5.74, 6) is -1.03. The lowest BCUT2D eigenvalue weighted by molar-refractivity contribution is -0.116. The Kier molecular flexibility index (Phi) is 3.31. The van der Waals surface area contributed by atoms with Crippen molar-refractivity contribution in [2.45, 2.75) is 0 Å². The van der Waals surface area contributed by atoms with Crippen LogP contribution in [0, 0.1) is 5.82 Å². The van der Waals surface area contributed by atoms with E-state index >= 15 is 0 Å². The molecule has 0 aliphatic carbocycles. The summed E-state index contributed by atoms with van der Waals surface area (Å²) in [6.07, 6.45) is 0. The van der Waals surface area contributed by atoms with Gasteiger partial charge in [-0.25, -0.2) is 9.18 Å². The number of rotatable bonds is 3. The molecule has 18 heavy (non-hydrogen) atoms. The van der Waals surface area contributed by atoms with Crippen molar-refractivity contribution < 1.29 is 14.0 Å². The van der Waals surface area contributed by atoms with Gasteiger partial charge < -0.3 is 21.3 Å². The number of nitrogens with two attached hydrogens (primary N) is 1. The number of carbonyl (C=O) groups excluding carboxylic acids is 2. The van der Waals surface area contributed by atoms with E-state index in [1.807, 2.05) is 0 Å². The average molecular weight is 252 g/mol. The molecule has 6 nitrogen and oxygen atoms in total. The largest absolute Gasteiger partial charge is 0.399 e. The minimum Gasteiger partial charge on any atom is -0.399 e. The number of benzene rings is 1. The number of anilines is 2. The van der Waals surface area contributed by atoms with Crippen molar-refractivity contribution in [2.75, 3.05) is 30.7 Å². The topological polar surface area (TPSA) is 87.5 Å². The third kappa shape index (κ3) is 2.68. The number of urea groups is 1. The van der Waals surface area contributed by atoms with Crippen LogP contribution >= 0.6 is 0 Å². The molecule has 1 aromatic rings. The first-order valence-electron chi connectivity index (χ1n) is 5.44. The van der Waals surface area contributed by atoms with E-state index in [1.165, 1.54) is 23.1 Å². The van der Waals surface area contributed by atoms with E-state index in [9.17, 15) is 14.0 Å². The first-order chi connectivity index (χ1) is 8.56. The SMILES string of the molecule is Nc1ccc(F)c(NC(=O)CN2CCNC2=O)c1. The summed E-state index contributed by atoms with van der Waals surface area (Å²) in [6.45, 7) is 0.866. The molecule has 1 saturated heterocycles. The van der Waals surface area contributed by atoms with E-state index in [0.29, 0.717) is 18.8 Å². The Hall–Kier alpha value is -2.31. The number of nitrogens with one attached hydrogen (secondary N) is 2. The molecule has 0 atom stereocenters. The smallest absolute Gasteiger partial charge is 0.317 e. The van der Waals surface area contributed by atoms with Gasteiger partial charge in [-0.1, -0.05) is 0 Å². The van der Waals surface area contributed by atoms with Crippen LogP contribution in [0.4, 0.5) is 20.6 Å². The summed E-state index contributed by atoms with van der Waals surface area (Å²) >= 11 is 0. The minimum absolute atomic E-state index is 0.0135. The summed E-state index contributed by atoms with van der Waals surface area (Å²) in [5, 5.41) is 4.96. The quantitative estimate of drug-likeness (QED) is 0.679. The van der Waals surface area contributed by atoms with E-state index in [1.54, 1.807) is 0 Å². The fraction of sp³-hybridized carbons (Fsp3) is 0.273. The molecular formula is C11H13FN4O2. The van der Waals surface area contributed by atoms with E-state index in [-0.39, 0.29) is 18.3 Å². The van der Waals surface area contributed by atoms with Crippen LogP contribution in [-0.4, -0.2) is 36.5 Å². The van der Waals surface area contributed by atoms with Crippen molar-refractivity contribution in [3.63, 3.8) is 0 Å². The molecule has 0 bridgehead atoms. The van der Waals surface area contributed by atoms with Crippen LogP contribution in [0.5, 0.6) is 0 Å². The van der Waals surface area contributed by atoms with Gasteiger partial charge in [-0.05, 0) is 18.2 Å². The molecule has 1 heterocycles. The summed E-state index contributed by atoms with van der Waals surface area (Å²) < 4.78 is 13.4. The average Bonchev–Trinajstić information content (AvgIpc) is 2.70. The van der Waals surface area contributed by atoms with Crippen LogP contribution in [-0.2, 0) is 4.79 Å². The molecule has 0 saturated carbocycles. The molecule has 0 spiro atoms. The van der Waals surface area contributed by atoms with Crippen molar-refractivity contribution in [2.24, 2.45) is 0 Å². The molecular weight excluding hydrogens is 239 g/mol. The fourth-order valence-electron chi connectivity index (χ4n) is 1.66. The Balaban J connectivity index is 1.98. The number of carbonyl (C=O) groups is 2. The highest BCUT2D eigenvalue weighted by Gasteiger charge is 2.22. The predicted molar refractivity (Wildman–Crippen MR) is 64.4 cm³/mol. The maximum absolute atomic E-state index is 13.4. The summed E-state index contributed by atoms with van der Waals surface area (Å²) in [4.78, 5) is 24.2. The second-order valence-corrected chi connectivity index (χ2v) is 3.94. The van der Waals surface area contributed by atoms with Crippen LogP contribution in [0.3, 0.4) is 0 Å². The molecule has 1 fully saturated rings. The van der Waals surface area contributed by atoms with Crippen molar-refractivity contribution in [1.29, 1.82) is 0 Å². The predicted octanol–water partition coefficient (Wildman–Crippen LogP) is 0.372. The van der Waals surface area contributed by atoms with Crippen molar-refractivity contribution in [3.05, 3.63) is 24.0 Å². The van der Waals surface area contributed by atoms with Gasteiger partial charge in [0.05, 0.1) is 5.69 Å². The molecule has 1 aliphatic heterocycles. The van der Waals surface area contributed by atoms with Gasteiger partial charge in [-0.3, -0.25) is 4.79 Å². The summed E-state index contributed by atoms with van der Waals surface area (Å²) in [6, 6.07) is 3.61. The molecule has 4 N–H and O–H groups in total. The number of nitrogens with zero attached hydrogens (tertiary/aromatic N) is 1. The van der Waals surface area contributed by atoms with E-state index in [2.05, 4.69) is 10.6 Å². The van der Waals surface area contributed by atoms with Gasteiger partial charge in [0, 0.05) is 18.8 Å². The number of hydrogen-bond donors (Lipinski definition) is 3. The first kappa shape index (κ1) is 12.2. The van der Waals surface area contributed by atoms with Gasteiger partial charge in [0.25, 0.3) is 0 Å². The third-order valence-corrected chi connectivity index (χ3v) is 2.54. The molecule has 0 unspecified atom stereocenters. The maximum Gasteiger partial charge on any atom is 0.317 e. The number of halogens is 1. The standard InChI is InChI=1S/C11H13FN4O2/c12-8-2-1-7(13)5-9(8)15-10(17)6-16-4-3-14-11(16)18/h1-2,5H,3-4,6,13H2,(H,14,18)(H,15,17). The lowest BCUT2D eigenvalue weighted by Gasteiger charge is -2.14. The Labute approximate surface area is 103 Å². The normalized spacial score (nSPS) is 14.5. The summed E-state index contributed by atoms with van der Waals surface area (Å²) in [5.41, 5.74) is 5.86. The van der Waals surface area contributed by atoms with Gasteiger partial charge in [0.2, 0.25) is 5.91 Å². The Morgan fingerprint density at radius 2 is 2.33 bits per heavy atom. The van der Waals surface area contributed by atoms with Gasteiger partial charge in [-0.15, -0.1) is 0 Å². The second kappa shape index (κ2) is 4.91. The van der Waals surface area contributed by atoms with Gasteiger partial charge >= 0.3 is 6.03 Å². The zero-order valence-electron chi connectivity index (χ0n) is 9.57. The van der Waals surface area contributed by atoms with Crippen molar-refractivity contribution in [3.8, 4) is 0 Å². The fourth-order valence-corrected chi connectivity index (χ4v) is 1.66.